The summed E-state index contributed by atoms with van der Waals surface area (Å²) >= 11 is 0. The molecule has 0 aromatic carbocycles. The zero-order valence-corrected chi connectivity index (χ0v) is 17.3. The smallest absolute Gasteiger partial charge is 0.161 e. The van der Waals surface area contributed by atoms with Gasteiger partial charge >= 0.3 is 0 Å². The zero-order valence-electron chi connectivity index (χ0n) is 15.7. The van der Waals surface area contributed by atoms with Crippen molar-refractivity contribution in [2.75, 3.05) is 6.54 Å². The number of aryl methyl sites for hydroxylation is 2. The minimum absolute atomic E-state index is 0. The van der Waals surface area contributed by atoms with Crippen molar-refractivity contribution in [3.8, 4) is 11.5 Å². The lowest BCUT2D eigenvalue weighted by atomic mass is 10.1. The molecular formula is C18H27Cl2N7. The molecule has 0 bridgehead atoms. The molecule has 1 N–H and O–H groups in total. The summed E-state index contributed by atoms with van der Waals surface area (Å²) in [5, 5.41) is 8.27. The molecule has 0 aliphatic carbocycles. The first-order valence-corrected chi connectivity index (χ1v) is 9.05. The van der Waals surface area contributed by atoms with Crippen molar-refractivity contribution >= 4 is 24.8 Å². The van der Waals surface area contributed by atoms with Crippen molar-refractivity contribution in [2.45, 2.75) is 45.3 Å². The molecule has 1 unspecified atom stereocenters. The Bertz CT molecular complexity index is 828. The summed E-state index contributed by atoms with van der Waals surface area (Å²) in [6.07, 6.45) is 11.0. The van der Waals surface area contributed by atoms with E-state index in [4.69, 9.17) is 5.10 Å². The van der Waals surface area contributed by atoms with Crippen molar-refractivity contribution in [3.63, 3.8) is 0 Å². The first-order valence-electron chi connectivity index (χ1n) is 9.05. The maximum atomic E-state index is 4.83. The van der Waals surface area contributed by atoms with Crippen molar-refractivity contribution < 1.29 is 0 Å². The molecule has 3 aromatic heterocycles. The van der Waals surface area contributed by atoms with E-state index in [1.54, 1.807) is 0 Å². The van der Waals surface area contributed by atoms with Gasteiger partial charge < -0.3 is 14.5 Å². The second-order valence-corrected chi connectivity index (χ2v) is 6.63. The number of nitrogens with one attached hydrogen (secondary N) is 1. The van der Waals surface area contributed by atoms with Gasteiger partial charge in [0.1, 0.15) is 11.5 Å². The number of imidazole rings is 2. The van der Waals surface area contributed by atoms with Gasteiger partial charge in [0.25, 0.3) is 0 Å². The summed E-state index contributed by atoms with van der Waals surface area (Å²) in [5.74, 6) is 1.98. The topological polar surface area (TPSA) is 65.5 Å². The molecule has 3 aromatic rings. The average molecular weight is 412 g/mol. The Morgan fingerprint density at radius 3 is 2.74 bits per heavy atom. The van der Waals surface area contributed by atoms with Crippen LogP contribution in [0.5, 0.6) is 0 Å². The fourth-order valence-electron chi connectivity index (χ4n) is 3.60. The van der Waals surface area contributed by atoms with Gasteiger partial charge in [0, 0.05) is 44.9 Å². The van der Waals surface area contributed by atoms with Gasteiger partial charge in [-0.2, -0.15) is 5.10 Å². The molecule has 9 heteroatoms. The Hall–Kier alpha value is -1.83. The quantitative estimate of drug-likeness (QED) is 0.699. The summed E-state index contributed by atoms with van der Waals surface area (Å²) in [6.45, 7) is 5.08. The highest BCUT2D eigenvalue weighted by Gasteiger charge is 2.22. The molecule has 148 valence electrons. The van der Waals surface area contributed by atoms with E-state index in [1.165, 1.54) is 5.69 Å². The highest BCUT2D eigenvalue weighted by Crippen LogP contribution is 2.28. The van der Waals surface area contributed by atoms with Gasteiger partial charge in [-0.05, 0) is 25.5 Å². The van der Waals surface area contributed by atoms with Crippen LogP contribution in [0.25, 0.3) is 11.5 Å². The minimum atomic E-state index is 0. The van der Waals surface area contributed by atoms with Crippen LogP contribution < -0.4 is 5.32 Å². The first-order chi connectivity index (χ1) is 12.3. The van der Waals surface area contributed by atoms with Gasteiger partial charge in [-0.3, -0.25) is 4.68 Å². The molecule has 1 atom stereocenters. The van der Waals surface area contributed by atoms with Gasteiger partial charge in [0.15, 0.2) is 5.82 Å². The summed E-state index contributed by atoms with van der Waals surface area (Å²) in [4.78, 5) is 9.21. The van der Waals surface area contributed by atoms with Crippen LogP contribution in [0, 0.1) is 0 Å². The van der Waals surface area contributed by atoms with Crippen molar-refractivity contribution in [1.29, 1.82) is 0 Å². The molecule has 0 fully saturated rings. The predicted molar refractivity (Wildman–Crippen MR) is 111 cm³/mol. The van der Waals surface area contributed by atoms with E-state index < -0.39 is 0 Å². The minimum Gasteiger partial charge on any atom is -0.336 e. The third-order valence-corrected chi connectivity index (χ3v) is 4.85. The molecule has 4 rings (SSSR count). The number of aromatic nitrogens is 6. The predicted octanol–water partition coefficient (Wildman–Crippen LogP) is 3.21. The lowest BCUT2D eigenvalue weighted by molar-refractivity contribution is 0.494. The fraction of sp³-hybridized carbons (Fsp3) is 0.500. The summed E-state index contributed by atoms with van der Waals surface area (Å²) < 4.78 is 6.43. The molecule has 4 heterocycles. The molecule has 0 radical (unpaired) electrons. The molecule has 1 aliphatic heterocycles. The molecular weight excluding hydrogens is 385 g/mol. The molecule has 7 nitrogen and oxygen atoms in total. The van der Waals surface area contributed by atoms with Gasteiger partial charge in [0.05, 0.1) is 11.7 Å². The zero-order chi connectivity index (χ0) is 17.2. The monoisotopic (exact) mass is 411 g/mol. The van der Waals surface area contributed by atoms with E-state index in [0.29, 0.717) is 0 Å². The Kier molecular flexibility index (Phi) is 7.47. The maximum absolute atomic E-state index is 4.83. The maximum Gasteiger partial charge on any atom is 0.161 e. The summed E-state index contributed by atoms with van der Waals surface area (Å²) in [5.41, 5.74) is 2.17. The average Bonchev–Trinajstić information content (AvgIpc) is 3.31. The van der Waals surface area contributed by atoms with Crippen LogP contribution in [-0.4, -0.2) is 35.4 Å². The molecule has 27 heavy (non-hydrogen) atoms. The van der Waals surface area contributed by atoms with Crippen molar-refractivity contribution in [2.24, 2.45) is 7.05 Å². The van der Waals surface area contributed by atoms with Crippen LogP contribution in [0.1, 0.15) is 43.7 Å². The Labute approximate surface area is 172 Å². The third kappa shape index (κ3) is 4.20. The normalized spacial score (nSPS) is 14.6. The van der Waals surface area contributed by atoms with Crippen molar-refractivity contribution in [3.05, 3.63) is 42.4 Å². The largest absolute Gasteiger partial charge is 0.336 e. The SMILES string of the molecule is CCCC(c1nccn1C)n1ccnc1-c1cc2n(n1)CCCNC2.Cl.Cl. The van der Waals surface area contributed by atoms with E-state index in [1.807, 2.05) is 31.8 Å². The van der Waals surface area contributed by atoms with E-state index in [9.17, 15) is 0 Å². The lowest BCUT2D eigenvalue weighted by Crippen LogP contribution is -2.16. The highest BCUT2D eigenvalue weighted by molar-refractivity contribution is 5.85. The van der Waals surface area contributed by atoms with Crippen LogP contribution in [0.15, 0.2) is 30.9 Å². The Morgan fingerprint density at radius 1 is 1.19 bits per heavy atom. The Balaban J connectivity index is 0.00000131. The number of rotatable bonds is 5. The molecule has 0 saturated heterocycles. The van der Waals surface area contributed by atoms with Crippen LogP contribution in [-0.2, 0) is 20.1 Å². The Morgan fingerprint density at radius 2 is 2.00 bits per heavy atom. The first kappa shape index (κ1) is 21.5. The number of nitrogens with zero attached hydrogens (tertiary/aromatic N) is 6. The number of fused-ring (bicyclic) bond motifs is 1. The van der Waals surface area contributed by atoms with Gasteiger partial charge in [0.2, 0.25) is 0 Å². The van der Waals surface area contributed by atoms with Crippen LogP contribution in [0.2, 0.25) is 0 Å². The van der Waals surface area contributed by atoms with Gasteiger partial charge in [-0.1, -0.05) is 13.3 Å². The van der Waals surface area contributed by atoms with E-state index in [-0.39, 0.29) is 30.9 Å². The van der Waals surface area contributed by atoms with Crippen LogP contribution in [0.3, 0.4) is 0 Å². The van der Waals surface area contributed by atoms with E-state index >= 15 is 0 Å². The van der Waals surface area contributed by atoms with Gasteiger partial charge in [-0.25, -0.2) is 9.97 Å². The standard InChI is InChI=1S/C18H25N7.2ClH/c1-3-5-16(18-21-7-10-23(18)2)24-11-8-20-17(24)15-12-14-13-19-6-4-9-25(14)22-15;;/h7-8,10-12,16,19H,3-6,9,13H2,1-2H3;2*1H. The second kappa shape index (κ2) is 9.39. The summed E-state index contributed by atoms with van der Waals surface area (Å²) in [6, 6.07) is 2.33. The highest BCUT2D eigenvalue weighted by atomic mass is 35.5. The summed E-state index contributed by atoms with van der Waals surface area (Å²) in [7, 11) is 2.05. The van der Waals surface area contributed by atoms with Crippen LogP contribution in [0.4, 0.5) is 0 Å². The van der Waals surface area contributed by atoms with E-state index in [0.717, 1.165) is 56.2 Å². The number of hydrogen-bond acceptors (Lipinski definition) is 4. The van der Waals surface area contributed by atoms with Crippen molar-refractivity contribution in [1.82, 2.24) is 34.2 Å². The van der Waals surface area contributed by atoms with Crippen LogP contribution >= 0.6 is 24.8 Å². The molecule has 0 amide bonds. The molecule has 1 aliphatic rings. The second-order valence-electron chi connectivity index (χ2n) is 6.63. The molecule has 0 spiro atoms. The third-order valence-electron chi connectivity index (χ3n) is 4.85. The number of hydrogen-bond donors (Lipinski definition) is 1. The van der Waals surface area contributed by atoms with Gasteiger partial charge in [-0.15, -0.1) is 24.8 Å². The number of halogens is 2. The van der Waals surface area contributed by atoms with E-state index in [2.05, 4.69) is 42.1 Å². The fourth-order valence-corrected chi connectivity index (χ4v) is 3.60. The lowest BCUT2D eigenvalue weighted by Gasteiger charge is -2.19. The molecule has 0 saturated carbocycles.